The van der Waals surface area contributed by atoms with E-state index in [0.29, 0.717) is 17.0 Å². The van der Waals surface area contributed by atoms with Gasteiger partial charge in [-0.1, -0.05) is 31.1 Å². The van der Waals surface area contributed by atoms with Gasteiger partial charge in [-0.15, -0.1) is 0 Å². The van der Waals surface area contributed by atoms with Gasteiger partial charge in [0.25, 0.3) is 0 Å². The second kappa shape index (κ2) is 6.53. The van der Waals surface area contributed by atoms with Gasteiger partial charge in [-0.05, 0) is 34.8 Å². The molecule has 0 saturated heterocycles. The van der Waals surface area contributed by atoms with Crippen molar-refractivity contribution in [2.45, 2.75) is 6.82 Å². The van der Waals surface area contributed by atoms with Crippen molar-refractivity contribution in [3.8, 4) is 22.5 Å². The molecule has 0 amide bonds. The van der Waals surface area contributed by atoms with Crippen molar-refractivity contribution in [1.82, 2.24) is 20.2 Å². The maximum Gasteiger partial charge on any atom is 0.320 e. The van der Waals surface area contributed by atoms with Crippen LogP contribution in [0.4, 0.5) is 5.69 Å². The van der Waals surface area contributed by atoms with Gasteiger partial charge in [0.1, 0.15) is 0 Å². The van der Waals surface area contributed by atoms with Crippen molar-refractivity contribution < 1.29 is 5.02 Å². The number of benzene rings is 2. The third-order valence-corrected chi connectivity index (χ3v) is 4.31. The van der Waals surface area contributed by atoms with E-state index in [2.05, 4.69) is 20.2 Å². The SMILES string of the molecule is CB(O)c1ccc(-c2ncccn2)c(-c2ccc3c(N)cnnc3c2)c1. The number of fused-ring (bicyclic) bond motifs is 1. The monoisotopic (exact) mass is 341 g/mol. The molecular weight excluding hydrogens is 325 g/mol. The van der Waals surface area contributed by atoms with Gasteiger partial charge in [-0.25, -0.2) is 9.97 Å². The number of nitrogens with two attached hydrogens (primary N) is 1. The molecule has 0 spiro atoms. The van der Waals surface area contributed by atoms with Gasteiger partial charge >= 0.3 is 6.92 Å². The van der Waals surface area contributed by atoms with E-state index < -0.39 is 6.92 Å². The Balaban J connectivity index is 1.95. The van der Waals surface area contributed by atoms with E-state index in [-0.39, 0.29) is 0 Å². The maximum atomic E-state index is 9.99. The highest BCUT2D eigenvalue weighted by atomic mass is 16.2. The number of aromatic nitrogens is 4. The molecule has 0 aliphatic heterocycles. The lowest BCUT2D eigenvalue weighted by molar-refractivity contribution is 0.594. The van der Waals surface area contributed by atoms with E-state index in [9.17, 15) is 5.02 Å². The first-order chi connectivity index (χ1) is 12.6. The lowest BCUT2D eigenvalue weighted by Gasteiger charge is -2.12. The molecule has 0 aliphatic rings. The van der Waals surface area contributed by atoms with E-state index in [1.54, 1.807) is 31.5 Å². The van der Waals surface area contributed by atoms with Gasteiger partial charge in [-0.2, -0.15) is 10.2 Å². The Morgan fingerprint density at radius 1 is 1.00 bits per heavy atom. The van der Waals surface area contributed by atoms with Gasteiger partial charge in [0.05, 0.1) is 17.4 Å². The van der Waals surface area contributed by atoms with Crippen molar-refractivity contribution in [2.75, 3.05) is 5.73 Å². The van der Waals surface area contributed by atoms with Crippen molar-refractivity contribution in [3.05, 3.63) is 61.1 Å². The van der Waals surface area contributed by atoms with Gasteiger partial charge in [0.2, 0.25) is 0 Å². The van der Waals surface area contributed by atoms with Crippen LogP contribution in [-0.2, 0) is 0 Å². The molecule has 2 aromatic heterocycles. The predicted octanol–water partition coefficient (Wildman–Crippen LogP) is 2.16. The topological polar surface area (TPSA) is 97.8 Å². The molecule has 3 N–H and O–H groups in total. The summed E-state index contributed by atoms with van der Waals surface area (Å²) in [4.78, 5) is 8.73. The molecule has 2 aromatic carbocycles. The molecule has 26 heavy (non-hydrogen) atoms. The molecule has 0 atom stereocenters. The van der Waals surface area contributed by atoms with Crippen LogP contribution in [-0.4, -0.2) is 32.1 Å². The van der Waals surface area contributed by atoms with E-state index in [4.69, 9.17) is 5.73 Å². The third-order valence-electron chi connectivity index (χ3n) is 4.31. The number of nitrogen functional groups attached to an aromatic ring is 1. The summed E-state index contributed by atoms with van der Waals surface area (Å²) in [6.45, 7) is 1.17. The quantitative estimate of drug-likeness (QED) is 0.554. The highest BCUT2D eigenvalue weighted by Gasteiger charge is 2.15. The number of rotatable bonds is 3. The molecule has 0 aliphatic carbocycles. The average molecular weight is 341 g/mol. The Kier molecular flexibility index (Phi) is 4.06. The number of hydrogen-bond acceptors (Lipinski definition) is 6. The summed E-state index contributed by atoms with van der Waals surface area (Å²) >= 11 is 0. The van der Waals surface area contributed by atoms with Crippen LogP contribution in [0, 0.1) is 0 Å². The summed E-state index contributed by atoms with van der Waals surface area (Å²) in [6.07, 6.45) is 4.96. The van der Waals surface area contributed by atoms with Gasteiger partial charge in [0, 0.05) is 23.3 Å². The first-order valence-corrected chi connectivity index (χ1v) is 8.24. The fraction of sp³-hybridized carbons (Fsp3) is 0.0526. The van der Waals surface area contributed by atoms with Crippen LogP contribution in [0.3, 0.4) is 0 Å². The molecule has 2 heterocycles. The van der Waals surface area contributed by atoms with E-state index in [1.807, 2.05) is 36.4 Å². The minimum Gasteiger partial charge on any atom is -0.447 e. The minimum atomic E-state index is -0.574. The van der Waals surface area contributed by atoms with Crippen LogP contribution < -0.4 is 11.2 Å². The Morgan fingerprint density at radius 2 is 1.81 bits per heavy atom. The normalized spacial score (nSPS) is 10.8. The van der Waals surface area contributed by atoms with Gasteiger partial charge < -0.3 is 10.8 Å². The predicted molar refractivity (Wildman–Crippen MR) is 104 cm³/mol. The molecule has 126 valence electrons. The summed E-state index contributed by atoms with van der Waals surface area (Å²) in [5.41, 5.74) is 10.8. The molecular formula is C19H16BN5O. The zero-order chi connectivity index (χ0) is 18.1. The second-order valence-electron chi connectivity index (χ2n) is 6.09. The summed E-state index contributed by atoms with van der Waals surface area (Å²) < 4.78 is 0. The highest BCUT2D eigenvalue weighted by molar-refractivity contribution is 6.64. The molecule has 4 aromatic rings. The Hall–Kier alpha value is -3.32. The zero-order valence-electron chi connectivity index (χ0n) is 14.2. The summed E-state index contributed by atoms with van der Waals surface area (Å²) in [7, 11) is 0. The Labute approximate surface area is 150 Å². The number of hydrogen-bond donors (Lipinski definition) is 2. The van der Waals surface area contributed by atoms with Gasteiger partial charge in [0.15, 0.2) is 5.82 Å². The van der Waals surface area contributed by atoms with E-state index >= 15 is 0 Å². The van der Waals surface area contributed by atoms with E-state index in [1.165, 1.54) is 0 Å². The molecule has 6 nitrogen and oxygen atoms in total. The van der Waals surface area contributed by atoms with E-state index in [0.717, 1.165) is 27.5 Å². The summed E-state index contributed by atoms with van der Waals surface area (Å²) in [5, 5.41) is 19.0. The Morgan fingerprint density at radius 3 is 2.58 bits per heavy atom. The molecule has 0 radical (unpaired) electrons. The summed E-state index contributed by atoms with van der Waals surface area (Å²) in [5.74, 6) is 0.624. The number of anilines is 1. The van der Waals surface area contributed by atoms with Crippen LogP contribution in [0.2, 0.25) is 6.82 Å². The smallest absolute Gasteiger partial charge is 0.320 e. The molecule has 0 bridgehead atoms. The fourth-order valence-corrected chi connectivity index (χ4v) is 2.94. The molecule has 0 unspecified atom stereocenters. The van der Waals surface area contributed by atoms with Crippen molar-refractivity contribution in [3.63, 3.8) is 0 Å². The Bertz CT molecular complexity index is 1090. The van der Waals surface area contributed by atoms with Crippen LogP contribution >= 0.6 is 0 Å². The molecule has 7 heteroatoms. The van der Waals surface area contributed by atoms with Crippen molar-refractivity contribution in [2.24, 2.45) is 0 Å². The molecule has 0 saturated carbocycles. The van der Waals surface area contributed by atoms with Crippen molar-refractivity contribution >= 4 is 29.0 Å². The van der Waals surface area contributed by atoms with Gasteiger partial charge in [-0.3, -0.25) is 0 Å². The fourth-order valence-electron chi connectivity index (χ4n) is 2.94. The largest absolute Gasteiger partial charge is 0.447 e. The van der Waals surface area contributed by atoms with Crippen LogP contribution in [0.25, 0.3) is 33.4 Å². The second-order valence-corrected chi connectivity index (χ2v) is 6.09. The standard InChI is InChI=1S/C19H16BN5O/c1-20(26)13-4-6-14(19-22-7-2-8-23-19)16(10-13)12-3-5-15-17(21)11-24-25-18(15)9-12/h2-11,26H,1H3,(H2,21,25). The summed E-state index contributed by atoms with van der Waals surface area (Å²) in [6, 6.07) is 13.4. The lowest BCUT2D eigenvalue weighted by atomic mass is 9.63. The van der Waals surface area contributed by atoms with Crippen molar-refractivity contribution in [1.29, 1.82) is 0 Å². The van der Waals surface area contributed by atoms with Crippen LogP contribution in [0.15, 0.2) is 61.1 Å². The van der Waals surface area contributed by atoms with Crippen LogP contribution in [0.1, 0.15) is 0 Å². The highest BCUT2D eigenvalue weighted by Crippen LogP contribution is 2.31. The zero-order valence-corrected chi connectivity index (χ0v) is 14.2. The lowest BCUT2D eigenvalue weighted by Crippen LogP contribution is -2.26. The third kappa shape index (κ3) is 2.89. The minimum absolute atomic E-state index is 0.574. The first-order valence-electron chi connectivity index (χ1n) is 8.24. The molecule has 0 fully saturated rings. The maximum absolute atomic E-state index is 9.99. The van der Waals surface area contributed by atoms with Crippen LogP contribution in [0.5, 0.6) is 0 Å². The number of nitrogens with zero attached hydrogens (tertiary/aromatic N) is 4. The average Bonchev–Trinajstić information content (AvgIpc) is 2.68. The first kappa shape index (κ1) is 16.2. The molecule has 4 rings (SSSR count).